The smallest absolute Gasteiger partial charge is 0.317 e. The van der Waals surface area contributed by atoms with Crippen LogP contribution < -0.4 is 19.7 Å². The summed E-state index contributed by atoms with van der Waals surface area (Å²) in [5, 5.41) is 3.02. The van der Waals surface area contributed by atoms with Gasteiger partial charge in [-0.25, -0.2) is 4.79 Å². The van der Waals surface area contributed by atoms with Gasteiger partial charge in [-0.1, -0.05) is 0 Å². The van der Waals surface area contributed by atoms with Crippen LogP contribution in [0.3, 0.4) is 0 Å². The van der Waals surface area contributed by atoms with Crippen LogP contribution in [0.4, 0.5) is 10.5 Å². The lowest BCUT2D eigenvalue weighted by atomic mass is 10.0. The van der Waals surface area contributed by atoms with Gasteiger partial charge in [0.1, 0.15) is 0 Å². The van der Waals surface area contributed by atoms with Crippen molar-refractivity contribution in [3.8, 4) is 11.5 Å². The molecule has 3 amide bonds. The molecule has 0 aromatic heterocycles. The Morgan fingerprint density at radius 2 is 1.86 bits per heavy atom. The molecule has 2 fully saturated rings. The Hall–Kier alpha value is -2.48. The molecule has 154 valence electrons. The maximum atomic E-state index is 12.6. The minimum Gasteiger partial charge on any atom is -0.493 e. The van der Waals surface area contributed by atoms with Gasteiger partial charge in [0.2, 0.25) is 5.91 Å². The number of hydrogen-bond donors (Lipinski definition) is 1. The van der Waals surface area contributed by atoms with Gasteiger partial charge >= 0.3 is 6.03 Å². The van der Waals surface area contributed by atoms with E-state index in [4.69, 9.17) is 9.47 Å². The number of carbonyl (C=O) groups is 2. The van der Waals surface area contributed by atoms with Crippen molar-refractivity contribution in [1.82, 2.24) is 15.1 Å². The fourth-order valence-corrected chi connectivity index (χ4v) is 3.87. The Kier molecular flexibility index (Phi) is 6.28. The van der Waals surface area contributed by atoms with Crippen LogP contribution in [0, 0.1) is 0 Å². The molecule has 0 spiro atoms. The molecule has 3 rings (SSSR count). The average Bonchev–Trinajstić information content (AvgIpc) is 3.07. The van der Waals surface area contributed by atoms with Gasteiger partial charge in [-0.3, -0.25) is 4.79 Å². The minimum absolute atomic E-state index is 0.0144. The van der Waals surface area contributed by atoms with E-state index in [1.54, 1.807) is 36.2 Å². The summed E-state index contributed by atoms with van der Waals surface area (Å²) in [6.45, 7) is 2.44. The third-order valence-corrected chi connectivity index (χ3v) is 5.69. The van der Waals surface area contributed by atoms with E-state index in [1.165, 1.54) is 0 Å². The van der Waals surface area contributed by atoms with Crippen LogP contribution in [0.25, 0.3) is 0 Å². The average molecular weight is 390 g/mol. The zero-order valence-electron chi connectivity index (χ0n) is 17.1. The third-order valence-electron chi connectivity index (χ3n) is 5.69. The number of nitrogens with zero attached hydrogens (tertiary/aromatic N) is 3. The number of carbonyl (C=O) groups excluding carboxylic acids is 2. The summed E-state index contributed by atoms with van der Waals surface area (Å²) in [5.74, 6) is 1.17. The van der Waals surface area contributed by atoms with E-state index in [1.807, 2.05) is 13.1 Å². The maximum Gasteiger partial charge on any atom is 0.317 e. The molecule has 0 aliphatic carbocycles. The summed E-state index contributed by atoms with van der Waals surface area (Å²) < 4.78 is 10.6. The number of urea groups is 1. The molecule has 2 aliphatic rings. The molecule has 28 heavy (non-hydrogen) atoms. The molecule has 2 aliphatic heterocycles. The lowest BCUT2D eigenvalue weighted by Crippen LogP contribution is -2.50. The number of amides is 3. The SMILES string of the molecule is COc1ccc(N2C[C@H](NC(=O)N(C)C3CCN(C)CC3)CC2=O)cc1OC. The zero-order valence-corrected chi connectivity index (χ0v) is 17.1. The number of ether oxygens (including phenoxy) is 2. The van der Waals surface area contributed by atoms with Crippen molar-refractivity contribution in [1.29, 1.82) is 0 Å². The van der Waals surface area contributed by atoms with Crippen LogP contribution in [0.1, 0.15) is 19.3 Å². The Morgan fingerprint density at radius 1 is 1.18 bits per heavy atom. The molecular weight excluding hydrogens is 360 g/mol. The molecular formula is C20H30N4O4. The van der Waals surface area contributed by atoms with E-state index in [-0.39, 0.29) is 24.0 Å². The topological polar surface area (TPSA) is 74.4 Å². The first-order chi connectivity index (χ1) is 13.4. The molecule has 1 aromatic carbocycles. The number of anilines is 1. The van der Waals surface area contributed by atoms with Crippen LogP contribution in [0.2, 0.25) is 0 Å². The quantitative estimate of drug-likeness (QED) is 0.826. The van der Waals surface area contributed by atoms with Gasteiger partial charge < -0.3 is 29.5 Å². The van der Waals surface area contributed by atoms with Crippen molar-refractivity contribution in [2.45, 2.75) is 31.3 Å². The second-order valence-electron chi connectivity index (χ2n) is 7.54. The van der Waals surface area contributed by atoms with E-state index in [0.717, 1.165) is 31.6 Å². The van der Waals surface area contributed by atoms with Crippen LogP contribution in [-0.4, -0.2) is 81.8 Å². The van der Waals surface area contributed by atoms with Gasteiger partial charge in [-0.05, 0) is 45.1 Å². The molecule has 2 heterocycles. The second-order valence-corrected chi connectivity index (χ2v) is 7.54. The molecule has 0 radical (unpaired) electrons. The van der Waals surface area contributed by atoms with Crippen LogP contribution in [0.15, 0.2) is 18.2 Å². The lowest BCUT2D eigenvalue weighted by Gasteiger charge is -2.35. The fourth-order valence-electron chi connectivity index (χ4n) is 3.87. The van der Waals surface area contributed by atoms with Crippen molar-refractivity contribution in [3.05, 3.63) is 18.2 Å². The monoisotopic (exact) mass is 390 g/mol. The largest absolute Gasteiger partial charge is 0.493 e. The first-order valence-electron chi connectivity index (χ1n) is 9.67. The van der Waals surface area contributed by atoms with Crippen molar-refractivity contribution >= 4 is 17.6 Å². The highest BCUT2D eigenvalue weighted by molar-refractivity contribution is 5.97. The van der Waals surface area contributed by atoms with E-state index in [9.17, 15) is 9.59 Å². The highest BCUT2D eigenvalue weighted by Crippen LogP contribution is 2.33. The van der Waals surface area contributed by atoms with Gasteiger partial charge in [0.15, 0.2) is 11.5 Å². The molecule has 8 nitrogen and oxygen atoms in total. The Labute approximate surface area is 166 Å². The number of likely N-dealkylation sites (tertiary alicyclic amines) is 1. The molecule has 1 N–H and O–H groups in total. The first-order valence-corrected chi connectivity index (χ1v) is 9.67. The molecule has 0 bridgehead atoms. The van der Waals surface area contributed by atoms with Crippen molar-refractivity contribution in [2.24, 2.45) is 0 Å². The van der Waals surface area contributed by atoms with Gasteiger partial charge in [0.05, 0.1) is 20.3 Å². The summed E-state index contributed by atoms with van der Waals surface area (Å²) in [7, 11) is 7.08. The third kappa shape index (κ3) is 4.32. The highest BCUT2D eigenvalue weighted by Gasteiger charge is 2.33. The summed E-state index contributed by atoms with van der Waals surface area (Å²) in [5.41, 5.74) is 0.739. The molecule has 1 aromatic rings. The van der Waals surface area contributed by atoms with Gasteiger partial charge in [0.25, 0.3) is 0 Å². The molecule has 2 saturated heterocycles. The van der Waals surface area contributed by atoms with Crippen LogP contribution >= 0.6 is 0 Å². The predicted molar refractivity (Wildman–Crippen MR) is 107 cm³/mol. The van der Waals surface area contributed by atoms with Crippen LogP contribution in [0.5, 0.6) is 11.5 Å². The predicted octanol–water partition coefficient (Wildman–Crippen LogP) is 1.54. The number of methoxy groups -OCH3 is 2. The summed E-state index contributed by atoms with van der Waals surface area (Å²) in [4.78, 5) is 30.9. The summed E-state index contributed by atoms with van der Waals surface area (Å²) in [6, 6.07) is 5.32. The molecule has 0 unspecified atom stereocenters. The maximum absolute atomic E-state index is 12.6. The number of hydrogen-bond acceptors (Lipinski definition) is 5. The molecule has 1 atom stereocenters. The van der Waals surface area contributed by atoms with E-state index in [2.05, 4.69) is 17.3 Å². The molecule has 0 saturated carbocycles. The second kappa shape index (κ2) is 8.68. The van der Waals surface area contributed by atoms with Crippen molar-refractivity contribution in [3.63, 3.8) is 0 Å². The standard InChI is InChI=1S/C20H30N4O4/c1-22-9-7-15(8-10-22)23(2)20(26)21-14-11-19(25)24(13-14)16-5-6-17(27-3)18(12-16)28-4/h5-6,12,14-15H,7-11,13H2,1-4H3,(H,21,26)/t14-/m1/s1. The zero-order chi connectivity index (χ0) is 20.3. The van der Waals surface area contributed by atoms with Crippen molar-refractivity contribution in [2.75, 3.05) is 52.8 Å². The number of benzene rings is 1. The highest BCUT2D eigenvalue weighted by atomic mass is 16.5. The van der Waals surface area contributed by atoms with Crippen LogP contribution in [-0.2, 0) is 4.79 Å². The minimum atomic E-state index is -0.207. The van der Waals surface area contributed by atoms with Gasteiger partial charge in [-0.15, -0.1) is 0 Å². The number of nitrogens with one attached hydrogen (secondary N) is 1. The summed E-state index contributed by atoms with van der Waals surface area (Å²) in [6.07, 6.45) is 2.24. The van der Waals surface area contributed by atoms with E-state index in [0.29, 0.717) is 24.5 Å². The Bertz CT molecular complexity index is 718. The normalized spacial score (nSPS) is 20.9. The van der Waals surface area contributed by atoms with Gasteiger partial charge in [-0.2, -0.15) is 0 Å². The lowest BCUT2D eigenvalue weighted by molar-refractivity contribution is -0.117. The first kappa shape index (κ1) is 20.3. The Morgan fingerprint density at radius 3 is 2.50 bits per heavy atom. The van der Waals surface area contributed by atoms with Gasteiger partial charge in [0, 0.05) is 37.8 Å². The van der Waals surface area contributed by atoms with E-state index < -0.39 is 0 Å². The van der Waals surface area contributed by atoms with E-state index >= 15 is 0 Å². The number of rotatable bonds is 5. The Balaban J connectivity index is 1.60. The molecule has 8 heteroatoms. The number of piperidine rings is 1. The summed E-state index contributed by atoms with van der Waals surface area (Å²) >= 11 is 0. The fraction of sp³-hybridized carbons (Fsp3) is 0.600. The van der Waals surface area contributed by atoms with Crippen molar-refractivity contribution < 1.29 is 19.1 Å².